The summed E-state index contributed by atoms with van der Waals surface area (Å²) in [5.41, 5.74) is 0. The van der Waals surface area contributed by atoms with Gasteiger partial charge in [-0.15, -0.1) is 0 Å². The SMILES string of the molecule is COC(=O)c1sc(NCC(C)N(C)C2CC2)nc1Cl. The molecule has 1 fully saturated rings. The van der Waals surface area contributed by atoms with Gasteiger partial charge in [-0.3, -0.25) is 4.90 Å². The highest BCUT2D eigenvalue weighted by molar-refractivity contribution is 7.18. The fourth-order valence-corrected chi connectivity index (χ4v) is 2.93. The molecule has 1 atom stereocenters. The number of nitrogens with zero attached hydrogens (tertiary/aromatic N) is 2. The second kappa shape index (κ2) is 6.07. The third-order valence-corrected chi connectivity index (χ3v) is 4.70. The largest absolute Gasteiger partial charge is 0.465 e. The summed E-state index contributed by atoms with van der Waals surface area (Å²) in [5.74, 6) is -0.446. The molecule has 19 heavy (non-hydrogen) atoms. The lowest BCUT2D eigenvalue weighted by Gasteiger charge is -2.24. The molecule has 1 heterocycles. The summed E-state index contributed by atoms with van der Waals surface area (Å²) in [5, 5.41) is 4.07. The number of ether oxygens (including phenoxy) is 1. The topological polar surface area (TPSA) is 54.5 Å². The smallest absolute Gasteiger partial charge is 0.351 e. The molecular weight excluding hydrogens is 286 g/mol. The summed E-state index contributed by atoms with van der Waals surface area (Å²) in [7, 11) is 3.47. The van der Waals surface area contributed by atoms with E-state index in [2.05, 4.69) is 33.9 Å². The Balaban J connectivity index is 1.90. The normalized spacial score (nSPS) is 16.5. The molecule has 1 saturated carbocycles. The maximum Gasteiger partial charge on any atom is 0.351 e. The number of esters is 1. The van der Waals surface area contributed by atoms with Crippen LogP contribution < -0.4 is 5.32 Å². The van der Waals surface area contributed by atoms with Crippen LogP contribution in [0.25, 0.3) is 0 Å². The highest BCUT2D eigenvalue weighted by Crippen LogP contribution is 2.29. The van der Waals surface area contributed by atoms with Crippen LogP contribution in [0.4, 0.5) is 5.13 Å². The van der Waals surface area contributed by atoms with E-state index in [9.17, 15) is 4.79 Å². The van der Waals surface area contributed by atoms with Crippen molar-refractivity contribution in [2.75, 3.05) is 26.0 Å². The number of halogens is 1. The summed E-state index contributed by atoms with van der Waals surface area (Å²) in [6.07, 6.45) is 2.58. The molecule has 0 bridgehead atoms. The van der Waals surface area contributed by atoms with Crippen molar-refractivity contribution in [2.24, 2.45) is 0 Å². The summed E-state index contributed by atoms with van der Waals surface area (Å²) in [6.45, 7) is 2.94. The zero-order valence-corrected chi connectivity index (χ0v) is 12.8. The first kappa shape index (κ1) is 14.6. The maximum atomic E-state index is 11.4. The van der Waals surface area contributed by atoms with Crippen molar-refractivity contribution >= 4 is 34.0 Å². The summed E-state index contributed by atoms with van der Waals surface area (Å²) >= 11 is 7.13. The van der Waals surface area contributed by atoms with Crippen molar-refractivity contribution in [3.63, 3.8) is 0 Å². The van der Waals surface area contributed by atoms with Crippen LogP contribution in [0, 0.1) is 0 Å². The number of methoxy groups -OCH3 is 1. The van der Waals surface area contributed by atoms with Gasteiger partial charge in [0.25, 0.3) is 0 Å². The molecule has 1 aliphatic rings. The Labute approximate surface area is 121 Å². The lowest BCUT2D eigenvalue weighted by molar-refractivity contribution is 0.0606. The zero-order valence-electron chi connectivity index (χ0n) is 11.3. The van der Waals surface area contributed by atoms with Gasteiger partial charge in [0.1, 0.15) is 0 Å². The van der Waals surface area contributed by atoms with Gasteiger partial charge in [0, 0.05) is 18.6 Å². The van der Waals surface area contributed by atoms with Gasteiger partial charge in [-0.2, -0.15) is 0 Å². The number of anilines is 1. The molecule has 1 aromatic rings. The molecule has 0 aromatic carbocycles. The van der Waals surface area contributed by atoms with Crippen LogP contribution in [-0.4, -0.2) is 48.6 Å². The second-order valence-electron chi connectivity index (χ2n) is 4.76. The van der Waals surface area contributed by atoms with Gasteiger partial charge in [-0.05, 0) is 26.8 Å². The number of likely N-dealkylation sites (N-methyl/N-ethyl adjacent to an activating group) is 1. The van der Waals surface area contributed by atoms with E-state index in [1.807, 2.05) is 0 Å². The molecule has 106 valence electrons. The Morgan fingerprint density at radius 3 is 2.95 bits per heavy atom. The van der Waals surface area contributed by atoms with Crippen molar-refractivity contribution in [1.82, 2.24) is 9.88 Å². The number of aromatic nitrogens is 1. The van der Waals surface area contributed by atoms with Gasteiger partial charge < -0.3 is 10.1 Å². The number of thiazole rings is 1. The summed E-state index contributed by atoms with van der Waals surface area (Å²) in [4.78, 5) is 18.3. The lowest BCUT2D eigenvalue weighted by Crippen LogP contribution is -2.36. The first-order valence-corrected chi connectivity index (χ1v) is 7.42. The summed E-state index contributed by atoms with van der Waals surface area (Å²) < 4.78 is 4.64. The fraction of sp³-hybridized carbons (Fsp3) is 0.667. The number of nitrogens with one attached hydrogen (secondary N) is 1. The molecule has 2 rings (SSSR count). The van der Waals surface area contributed by atoms with Gasteiger partial charge in [-0.25, -0.2) is 9.78 Å². The molecule has 5 nitrogen and oxygen atoms in total. The Bertz CT molecular complexity index is 462. The van der Waals surface area contributed by atoms with E-state index < -0.39 is 5.97 Å². The summed E-state index contributed by atoms with van der Waals surface area (Å²) in [6, 6.07) is 1.14. The monoisotopic (exact) mass is 303 g/mol. The molecular formula is C12H18ClN3O2S. The quantitative estimate of drug-likeness (QED) is 0.818. The Hall–Kier alpha value is -0.850. The minimum absolute atomic E-state index is 0.197. The van der Waals surface area contributed by atoms with Gasteiger partial charge in [0.05, 0.1) is 7.11 Å². The first-order chi connectivity index (χ1) is 9.02. The Morgan fingerprint density at radius 2 is 2.37 bits per heavy atom. The highest BCUT2D eigenvalue weighted by atomic mass is 35.5. The number of carbonyl (C=O) groups excluding carboxylic acids is 1. The van der Waals surface area contributed by atoms with E-state index in [0.717, 1.165) is 12.6 Å². The number of rotatable bonds is 6. The minimum atomic E-state index is -0.446. The van der Waals surface area contributed by atoms with Gasteiger partial charge in [0.15, 0.2) is 15.2 Å². The van der Waals surface area contributed by atoms with Gasteiger partial charge >= 0.3 is 5.97 Å². The standard InChI is InChI=1S/C12H18ClN3O2S/c1-7(16(2)8-4-5-8)6-14-12-15-10(13)9(19-12)11(17)18-3/h7-8H,4-6H2,1-3H3,(H,14,15). The molecule has 1 unspecified atom stereocenters. The van der Waals surface area contributed by atoms with Crippen LogP contribution in [0.1, 0.15) is 29.4 Å². The predicted octanol–water partition coefficient (Wildman–Crippen LogP) is 2.48. The third-order valence-electron chi connectivity index (χ3n) is 3.32. The van der Waals surface area contributed by atoms with Crippen LogP contribution in [0.3, 0.4) is 0 Å². The number of carbonyl (C=O) groups is 1. The first-order valence-electron chi connectivity index (χ1n) is 6.23. The molecule has 0 aliphatic heterocycles. The third kappa shape index (κ3) is 3.58. The van der Waals surface area contributed by atoms with Crippen LogP contribution in [0.2, 0.25) is 5.15 Å². The van der Waals surface area contributed by atoms with Crippen molar-refractivity contribution in [2.45, 2.75) is 31.8 Å². The number of hydrogen-bond donors (Lipinski definition) is 1. The van der Waals surface area contributed by atoms with Crippen LogP contribution in [-0.2, 0) is 4.74 Å². The Morgan fingerprint density at radius 1 is 1.68 bits per heavy atom. The molecule has 0 radical (unpaired) electrons. The predicted molar refractivity (Wildman–Crippen MR) is 77.2 cm³/mol. The van der Waals surface area contributed by atoms with Crippen molar-refractivity contribution in [3.8, 4) is 0 Å². The molecule has 1 N–H and O–H groups in total. The number of hydrogen-bond acceptors (Lipinski definition) is 6. The van der Waals surface area contributed by atoms with Crippen LogP contribution >= 0.6 is 22.9 Å². The van der Waals surface area contributed by atoms with E-state index in [0.29, 0.717) is 16.1 Å². The van der Waals surface area contributed by atoms with E-state index in [4.69, 9.17) is 11.6 Å². The highest BCUT2D eigenvalue weighted by Gasteiger charge is 2.29. The van der Waals surface area contributed by atoms with E-state index in [1.54, 1.807) is 0 Å². The average Bonchev–Trinajstić information content (AvgIpc) is 3.18. The molecule has 7 heteroatoms. The zero-order chi connectivity index (χ0) is 14.0. The lowest BCUT2D eigenvalue weighted by atomic mass is 10.3. The molecule has 0 saturated heterocycles. The van der Waals surface area contributed by atoms with Crippen LogP contribution in [0.15, 0.2) is 0 Å². The molecule has 0 amide bonds. The Kier molecular flexibility index (Phi) is 4.65. The van der Waals surface area contributed by atoms with E-state index in [-0.39, 0.29) is 5.15 Å². The maximum absolute atomic E-state index is 11.4. The van der Waals surface area contributed by atoms with E-state index >= 15 is 0 Å². The van der Waals surface area contributed by atoms with Crippen molar-refractivity contribution in [1.29, 1.82) is 0 Å². The molecule has 0 spiro atoms. The van der Waals surface area contributed by atoms with E-state index in [1.165, 1.54) is 31.3 Å². The van der Waals surface area contributed by atoms with Crippen molar-refractivity contribution < 1.29 is 9.53 Å². The minimum Gasteiger partial charge on any atom is -0.465 e. The van der Waals surface area contributed by atoms with Crippen molar-refractivity contribution in [3.05, 3.63) is 10.0 Å². The van der Waals surface area contributed by atoms with Crippen LogP contribution in [0.5, 0.6) is 0 Å². The second-order valence-corrected chi connectivity index (χ2v) is 6.11. The molecule has 1 aliphatic carbocycles. The van der Waals surface area contributed by atoms with Gasteiger partial charge in [0.2, 0.25) is 0 Å². The molecule has 1 aromatic heterocycles. The fourth-order valence-electron chi connectivity index (χ4n) is 1.82. The van der Waals surface area contributed by atoms with Gasteiger partial charge in [-0.1, -0.05) is 22.9 Å². The average molecular weight is 304 g/mol.